The highest BCUT2D eigenvalue weighted by molar-refractivity contribution is 5.82. The number of aliphatic hydroxyl groups excluding tert-OH is 1. The van der Waals surface area contributed by atoms with Gasteiger partial charge in [0.1, 0.15) is 0 Å². The number of carbonyl (C=O) groups excluding carboxylic acids is 1. The fourth-order valence-corrected chi connectivity index (χ4v) is 13.2. The Hall–Kier alpha value is -0.730. The van der Waals surface area contributed by atoms with E-state index in [0.29, 0.717) is 47.7 Å². The molecule has 2 spiro atoms. The van der Waals surface area contributed by atoms with Crippen molar-refractivity contribution in [1.29, 1.82) is 0 Å². The number of nitrogens with zero attached hydrogens (tertiary/aromatic N) is 2. The molecule has 0 aromatic carbocycles. The van der Waals surface area contributed by atoms with Gasteiger partial charge in [-0.05, 0) is 116 Å². The van der Waals surface area contributed by atoms with Crippen LogP contribution in [0.5, 0.6) is 0 Å². The molecule has 7 heteroatoms. The number of fused-ring (bicyclic) bond motifs is 2. The molecule has 7 rings (SSSR count). The molecule has 1 unspecified atom stereocenters. The summed E-state index contributed by atoms with van der Waals surface area (Å²) < 4.78 is 18.6. The second-order valence-corrected chi connectivity index (χ2v) is 17.6. The fourth-order valence-electron chi connectivity index (χ4n) is 13.2. The zero-order valence-electron chi connectivity index (χ0n) is 28.9. The average molecular weight is 615 g/mol. The maximum absolute atomic E-state index is 12.9. The van der Waals surface area contributed by atoms with E-state index >= 15 is 0 Å². The molecular formula is C37H62N2O5. The molecule has 5 saturated carbocycles. The van der Waals surface area contributed by atoms with E-state index in [0.717, 1.165) is 51.9 Å². The van der Waals surface area contributed by atoms with Crippen LogP contribution in [0.15, 0.2) is 0 Å². The molecule has 1 N–H and O–H groups in total. The van der Waals surface area contributed by atoms with Crippen LogP contribution in [0.4, 0.5) is 0 Å². The largest absolute Gasteiger partial charge is 0.393 e. The second-order valence-electron chi connectivity index (χ2n) is 17.6. The van der Waals surface area contributed by atoms with Crippen molar-refractivity contribution in [2.24, 2.45) is 50.7 Å². The summed E-state index contributed by atoms with van der Waals surface area (Å²) in [6.45, 7) is 19.2. The number of carbonyl (C=O) groups is 1. The number of morpholine rings is 1. The van der Waals surface area contributed by atoms with Gasteiger partial charge in [0, 0.05) is 38.8 Å². The van der Waals surface area contributed by atoms with Crippen LogP contribution in [0.3, 0.4) is 0 Å². The number of amides is 1. The summed E-state index contributed by atoms with van der Waals surface area (Å²) in [5, 5.41) is 11.9. The van der Waals surface area contributed by atoms with Gasteiger partial charge in [-0.25, -0.2) is 0 Å². The van der Waals surface area contributed by atoms with E-state index in [-0.39, 0.29) is 46.7 Å². The van der Waals surface area contributed by atoms with Crippen molar-refractivity contribution in [3.63, 3.8) is 0 Å². The lowest BCUT2D eigenvalue weighted by atomic mass is 9.41. The fraction of sp³-hybridized carbons (Fsp3) is 0.973. The first-order valence-electron chi connectivity index (χ1n) is 18.3. The van der Waals surface area contributed by atoms with Gasteiger partial charge in [-0.1, -0.05) is 34.6 Å². The molecule has 0 bridgehead atoms. The summed E-state index contributed by atoms with van der Waals surface area (Å²) in [5.74, 6) is 2.68. The number of aliphatic hydroxyl groups is 1. The quantitative estimate of drug-likeness (QED) is 0.377. The maximum Gasteiger partial charge on any atom is 0.239 e. The number of likely N-dealkylation sites (tertiary alicyclic amines) is 1. The highest BCUT2D eigenvalue weighted by atomic mass is 16.7. The number of methoxy groups -OCH3 is 1. The molecule has 2 saturated heterocycles. The van der Waals surface area contributed by atoms with Crippen LogP contribution >= 0.6 is 0 Å². The van der Waals surface area contributed by atoms with Crippen molar-refractivity contribution in [2.75, 3.05) is 46.5 Å². The minimum absolute atomic E-state index is 0.00716. The smallest absolute Gasteiger partial charge is 0.239 e. The Labute approximate surface area is 267 Å². The van der Waals surface area contributed by atoms with Crippen LogP contribution in [-0.4, -0.2) is 91.9 Å². The third kappa shape index (κ3) is 4.26. The standard InChI is InChI=1S/C37H62N2O5/c1-24(12-19-42-7)26-21-29(40)35(6)28-10-9-27-33(3,4)30(11-13-36(27)23-37(28,36)15-14-34(26,35)5)44-31-22-39(18-20-43-31)25(2)32(41)38-16-8-17-38/h24-31,40H,8-23H2,1-7H3/t24-,25+,26-,27+,28?,29+,30+,31+,34-,35-,36-,37+/m1/s1. The normalized spacial score (nSPS) is 49.1. The summed E-state index contributed by atoms with van der Waals surface area (Å²) >= 11 is 0. The van der Waals surface area contributed by atoms with Crippen LogP contribution in [0, 0.1) is 50.7 Å². The summed E-state index contributed by atoms with van der Waals surface area (Å²) in [6.07, 6.45) is 11.7. The van der Waals surface area contributed by atoms with Gasteiger partial charge in [0.05, 0.1) is 31.4 Å². The highest BCUT2D eigenvalue weighted by Crippen LogP contribution is 2.89. The second kappa shape index (κ2) is 10.9. The van der Waals surface area contributed by atoms with Crippen LogP contribution < -0.4 is 0 Å². The Morgan fingerprint density at radius 2 is 1.73 bits per heavy atom. The minimum atomic E-state index is -0.266. The monoisotopic (exact) mass is 614 g/mol. The summed E-state index contributed by atoms with van der Waals surface area (Å²) in [5.41, 5.74) is 1.06. The van der Waals surface area contributed by atoms with Gasteiger partial charge >= 0.3 is 0 Å². The van der Waals surface area contributed by atoms with Gasteiger partial charge in [0.25, 0.3) is 0 Å². The Morgan fingerprint density at radius 1 is 1.00 bits per heavy atom. The van der Waals surface area contributed by atoms with Crippen LogP contribution in [0.2, 0.25) is 0 Å². The van der Waals surface area contributed by atoms with Crippen LogP contribution in [-0.2, 0) is 19.0 Å². The Bertz CT molecular complexity index is 1110. The number of hydrogen-bond acceptors (Lipinski definition) is 6. The van der Waals surface area contributed by atoms with Crippen LogP contribution in [0.1, 0.15) is 106 Å². The van der Waals surface area contributed by atoms with E-state index in [9.17, 15) is 9.90 Å². The molecule has 0 aromatic rings. The van der Waals surface area contributed by atoms with Crippen molar-refractivity contribution in [2.45, 2.75) is 130 Å². The molecule has 2 aliphatic heterocycles. The van der Waals surface area contributed by atoms with Crippen molar-refractivity contribution in [3.8, 4) is 0 Å². The molecule has 2 heterocycles. The lowest BCUT2D eigenvalue weighted by Crippen LogP contribution is -2.60. The van der Waals surface area contributed by atoms with Gasteiger partial charge in [-0.2, -0.15) is 0 Å². The van der Waals surface area contributed by atoms with Crippen molar-refractivity contribution >= 4 is 5.91 Å². The molecule has 1 amide bonds. The lowest BCUT2D eigenvalue weighted by molar-refractivity contribution is -0.250. The van der Waals surface area contributed by atoms with Gasteiger partial charge in [0.15, 0.2) is 6.29 Å². The molecule has 250 valence electrons. The SMILES string of the molecule is COCC[C@@H](C)[C@H]1C[C@H](O)[C@@]2(C)C3CC[C@H]4C(C)(C)[C@@H](O[C@H]5CN([C@@H](C)C(=O)N6CCC6)CCO5)CC[C@@]45C[C@@]35CC[C@]12C. The molecule has 7 nitrogen and oxygen atoms in total. The average Bonchev–Trinajstić information content (AvgIpc) is 3.59. The van der Waals surface area contributed by atoms with Crippen molar-refractivity contribution < 1.29 is 24.1 Å². The van der Waals surface area contributed by atoms with Crippen molar-refractivity contribution in [3.05, 3.63) is 0 Å². The molecule has 7 fully saturated rings. The first kappa shape index (κ1) is 31.8. The predicted molar refractivity (Wildman–Crippen MR) is 171 cm³/mol. The summed E-state index contributed by atoms with van der Waals surface area (Å²) in [7, 11) is 1.81. The molecule has 7 aliphatic rings. The number of hydrogen-bond donors (Lipinski definition) is 1. The maximum atomic E-state index is 12.9. The van der Waals surface area contributed by atoms with Crippen LogP contribution in [0.25, 0.3) is 0 Å². The lowest BCUT2D eigenvalue weighted by Gasteiger charge is -2.64. The van der Waals surface area contributed by atoms with E-state index in [1.807, 2.05) is 12.0 Å². The summed E-state index contributed by atoms with van der Waals surface area (Å²) in [4.78, 5) is 17.2. The third-order valence-corrected chi connectivity index (χ3v) is 16.1. The van der Waals surface area contributed by atoms with E-state index in [2.05, 4.69) is 46.4 Å². The third-order valence-electron chi connectivity index (χ3n) is 16.1. The number of rotatable bonds is 8. The van der Waals surface area contributed by atoms with Gasteiger partial charge < -0.3 is 24.2 Å². The van der Waals surface area contributed by atoms with E-state index in [1.54, 1.807) is 0 Å². The van der Waals surface area contributed by atoms with E-state index in [4.69, 9.17) is 14.2 Å². The number of ether oxygens (including phenoxy) is 3. The van der Waals surface area contributed by atoms with E-state index < -0.39 is 0 Å². The molecule has 12 atom stereocenters. The predicted octanol–water partition coefficient (Wildman–Crippen LogP) is 5.73. The Kier molecular flexibility index (Phi) is 7.89. The zero-order chi connectivity index (χ0) is 31.3. The Morgan fingerprint density at radius 3 is 2.43 bits per heavy atom. The molecule has 44 heavy (non-hydrogen) atoms. The first-order chi connectivity index (χ1) is 20.9. The van der Waals surface area contributed by atoms with Gasteiger partial charge in [-0.15, -0.1) is 0 Å². The van der Waals surface area contributed by atoms with E-state index in [1.165, 1.54) is 38.5 Å². The Balaban J connectivity index is 1.05. The van der Waals surface area contributed by atoms with Gasteiger partial charge in [-0.3, -0.25) is 9.69 Å². The summed E-state index contributed by atoms with van der Waals surface area (Å²) in [6, 6.07) is -0.110. The first-order valence-corrected chi connectivity index (χ1v) is 18.3. The topological polar surface area (TPSA) is 71.5 Å². The highest BCUT2D eigenvalue weighted by Gasteiger charge is 2.83. The molecule has 0 aromatic heterocycles. The molecule has 5 aliphatic carbocycles. The molecular weight excluding hydrogens is 552 g/mol. The van der Waals surface area contributed by atoms with Crippen molar-refractivity contribution in [1.82, 2.24) is 9.80 Å². The van der Waals surface area contributed by atoms with Gasteiger partial charge in [0.2, 0.25) is 5.91 Å². The minimum Gasteiger partial charge on any atom is -0.393 e. The zero-order valence-corrected chi connectivity index (χ0v) is 28.9. The molecule has 0 radical (unpaired) electrons.